The van der Waals surface area contributed by atoms with Crippen LogP contribution in [0, 0.1) is 12.7 Å². The van der Waals surface area contributed by atoms with Crippen LogP contribution in [-0.4, -0.2) is 28.6 Å². The fraction of sp³-hybridized carbons (Fsp3) is 0.350. The van der Waals surface area contributed by atoms with Gasteiger partial charge in [-0.3, -0.25) is 0 Å². The normalized spacial score (nSPS) is 18.2. The number of nitrogens with one attached hydrogen (secondary N) is 1. The van der Waals surface area contributed by atoms with Crippen LogP contribution in [0.25, 0.3) is 0 Å². The number of anilines is 1. The summed E-state index contributed by atoms with van der Waals surface area (Å²) in [6.07, 6.45) is 1.59. The molecule has 2 amide bonds. The molecule has 2 aromatic carbocycles. The average molecular weight is 342 g/mol. The van der Waals surface area contributed by atoms with Crippen molar-refractivity contribution in [3.8, 4) is 0 Å². The van der Waals surface area contributed by atoms with Crippen molar-refractivity contribution in [2.75, 3.05) is 11.9 Å². The molecule has 2 N–H and O–H groups in total. The van der Waals surface area contributed by atoms with Crippen molar-refractivity contribution in [2.45, 2.75) is 38.3 Å². The van der Waals surface area contributed by atoms with Crippen LogP contribution in [0.2, 0.25) is 0 Å². The van der Waals surface area contributed by atoms with E-state index in [0.717, 1.165) is 24.0 Å². The molecule has 2 unspecified atom stereocenters. The van der Waals surface area contributed by atoms with E-state index in [0.29, 0.717) is 13.0 Å². The van der Waals surface area contributed by atoms with Crippen molar-refractivity contribution in [3.63, 3.8) is 0 Å². The Bertz CT molecular complexity index is 736. The largest absolute Gasteiger partial charge is 0.388 e. The molecule has 3 rings (SSSR count). The number of carbonyl (C=O) groups excluding carboxylic acids is 1. The van der Waals surface area contributed by atoms with E-state index >= 15 is 0 Å². The molecular formula is C20H23FN2O2. The van der Waals surface area contributed by atoms with Gasteiger partial charge in [-0.25, -0.2) is 9.18 Å². The molecule has 25 heavy (non-hydrogen) atoms. The van der Waals surface area contributed by atoms with Crippen molar-refractivity contribution in [1.29, 1.82) is 0 Å². The minimum absolute atomic E-state index is 0.0521. The molecule has 132 valence electrons. The predicted octanol–water partition coefficient (Wildman–Crippen LogP) is 4.25. The van der Waals surface area contributed by atoms with Crippen molar-refractivity contribution < 1.29 is 14.3 Å². The molecule has 0 spiro atoms. The number of benzene rings is 2. The van der Waals surface area contributed by atoms with Crippen LogP contribution in [0.15, 0.2) is 48.5 Å². The number of likely N-dealkylation sites (tertiary alicyclic amines) is 1. The van der Waals surface area contributed by atoms with Crippen LogP contribution in [0.1, 0.15) is 36.5 Å². The Morgan fingerprint density at radius 1 is 1.32 bits per heavy atom. The topological polar surface area (TPSA) is 52.6 Å². The third kappa shape index (κ3) is 4.17. The summed E-state index contributed by atoms with van der Waals surface area (Å²) >= 11 is 0. The highest BCUT2D eigenvalue weighted by molar-refractivity contribution is 5.89. The Labute approximate surface area is 147 Å². The van der Waals surface area contributed by atoms with Gasteiger partial charge in [-0.2, -0.15) is 0 Å². The second-order valence-electron chi connectivity index (χ2n) is 6.57. The second kappa shape index (κ2) is 7.66. The zero-order valence-corrected chi connectivity index (χ0v) is 14.3. The number of aryl methyl sites for hydroxylation is 1. The van der Waals surface area contributed by atoms with Crippen LogP contribution >= 0.6 is 0 Å². The van der Waals surface area contributed by atoms with Crippen LogP contribution in [0.3, 0.4) is 0 Å². The first kappa shape index (κ1) is 17.4. The zero-order chi connectivity index (χ0) is 17.8. The van der Waals surface area contributed by atoms with Gasteiger partial charge >= 0.3 is 6.03 Å². The number of hydrogen-bond donors (Lipinski definition) is 2. The molecule has 4 nitrogen and oxygen atoms in total. The quantitative estimate of drug-likeness (QED) is 0.872. The molecule has 0 radical (unpaired) electrons. The number of rotatable bonds is 4. The molecule has 0 saturated carbocycles. The molecule has 2 atom stereocenters. The summed E-state index contributed by atoms with van der Waals surface area (Å²) in [5.41, 5.74) is 1.84. The lowest BCUT2D eigenvalue weighted by molar-refractivity contribution is 0.129. The fourth-order valence-corrected chi connectivity index (χ4v) is 3.33. The Balaban J connectivity index is 1.65. The van der Waals surface area contributed by atoms with Gasteiger partial charge in [0.25, 0.3) is 0 Å². The first-order valence-corrected chi connectivity index (χ1v) is 8.61. The number of halogens is 1. The molecule has 1 saturated heterocycles. The van der Waals surface area contributed by atoms with Gasteiger partial charge in [0.05, 0.1) is 11.8 Å². The minimum Gasteiger partial charge on any atom is -0.388 e. The Morgan fingerprint density at radius 3 is 2.80 bits per heavy atom. The van der Waals surface area contributed by atoms with Crippen molar-refractivity contribution in [2.24, 2.45) is 0 Å². The third-order valence-corrected chi connectivity index (χ3v) is 4.68. The maximum atomic E-state index is 14.0. The van der Waals surface area contributed by atoms with E-state index < -0.39 is 11.9 Å². The zero-order valence-electron chi connectivity index (χ0n) is 14.3. The molecule has 1 fully saturated rings. The van der Waals surface area contributed by atoms with Crippen LogP contribution in [0.5, 0.6) is 0 Å². The molecule has 1 aliphatic heterocycles. The van der Waals surface area contributed by atoms with E-state index in [1.54, 1.807) is 24.0 Å². The molecule has 5 heteroatoms. The van der Waals surface area contributed by atoms with Gasteiger partial charge in [-0.15, -0.1) is 0 Å². The molecule has 1 aliphatic rings. The van der Waals surface area contributed by atoms with Gasteiger partial charge in [-0.05, 0) is 49.4 Å². The monoisotopic (exact) mass is 342 g/mol. The van der Waals surface area contributed by atoms with Gasteiger partial charge < -0.3 is 15.3 Å². The lowest BCUT2D eigenvalue weighted by atomic mass is 10.0. The van der Waals surface area contributed by atoms with Gasteiger partial charge in [0.2, 0.25) is 0 Å². The number of hydrogen-bond acceptors (Lipinski definition) is 2. The SMILES string of the molecule is Cc1ccc(NC(=O)N2CCCC2CC(O)c2ccccc2)c(F)c1. The van der Waals surface area contributed by atoms with E-state index in [-0.39, 0.29) is 17.8 Å². The maximum Gasteiger partial charge on any atom is 0.322 e. The summed E-state index contributed by atoms with van der Waals surface area (Å²) in [6, 6.07) is 13.8. The number of amides is 2. The summed E-state index contributed by atoms with van der Waals surface area (Å²) in [4.78, 5) is 14.2. The molecule has 0 bridgehead atoms. The predicted molar refractivity (Wildman–Crippen MR) is 95.9 cm³/mol. The van der Waals surface area contributed by atoms with Gasteiger partial charge in [0.15, 0.2) is 0 Å². The number of aliphatic hydroxyl groups is 1. The minimum atomic E-state index is -0.615. The Hall–Kier alpha value is -2.40. The molecule has 0 aliphatic carbocycles. The van der Waals surface area contributed by atoms with E-state index in [1.807, 2.05) is 30.3 Å². The summed E-state index contributed by atoms with van der Waals surface area (Å²) in [6.45, 7) is 2.42. The number of urea groups is 1. The van der Waals surface area contributed by atoms with Gasteiger partial charge in [0, 0.05) is 12.6 Å². The Morgan fingerprint density at radius 2 is 2.08 bits per heavy atom. The van der Waals surface area contributed by atoms with Crippen molar-refractivity contribution in [1.82, 2.24) is 4.90 Å². The first-order valence-electron chi connectivity index (χ1n) is 8.61. The maximum absolute atomic E-state index is 14.0. The highest BCUT2D eigenvalue weighted by Gasteiger charge is 2.31. The van der Waals surface area contributed by atoms with Crippen LogP contribution in [0.4, 0.5) is 14.9 Å². The second-order valence-corrected chi connectivity index (χ2v) is 6.57. The van der Waals surface area contributed by atoms with Crippen molar-refractivity contribution >= 4 is 11.7 Å². The van der Waals surface area contributed by atoms with Gasteiger partial charge in [-0.1, -0.05) is 36.4 Å². The lowest BCUT2D eigenvalue weighted by Gasteiger charge is -2.27. The van der Waals surface area contributed by atoms with E-state index in [2.05, 4.69) is 5.32 Å². The molecule has 0 aromatic heterocycles. The molecular weight excluding hydrogens is 319 g/mol. The highest BCUT2D eigenvalue weighted by Crippen LogP contribution is 2.28. The number of carbonyl (C=O) groups is 1. The third-order valence-electron chi connectivity index (χ3n) is 4.68. The van der Waals surface area contributed by atoms with Crippen LogP contribution in [-0.2, 0) is 0 Å². The lowest BCUT2D eigenvalue weighted by Crippen LogP contribution is -2.39. The fourth-order valence-electron chi connectivity index (χ4n) is 3.33. The summed E-state index contributed by atoms with van der Waals surface area (Å²) in [5.74, 6) is -0.437. The smallest absolute Gasteiger partial charge is 0.322 e. The summed E-state index contributed by atoms with van der Waals surface area (Å²) < 4.78 is 14.0. The van der Waals surface area contributed by atoms with E-state index in [9.17, 15) is 14.3 Å². The van der Waals surface area contributed by atoms with E-state index in [4.69, 9.17) is 0 Å². The van der Waals surface area contributed by atoms with E-state index in [1.165, 1.54) is 6.07 Å². The first-order chi connectivity index (χ1) is 12.0. The Kier molecular flexibility index (Phi) is 5.34. The number of aliphatic hydroxyl groups excluding tert-OH is 1. The summed E-state index contributed by atoms with van der Waals surface area (Å²) in [7, 11) is 0. The van der Waals surface area contributed by atoms with Gasteiger partial charge in [0.1, 0.15) is 5.82 Å². The summed E-state index contributed by atoms with van der Waals surface area (Å²) in [5, 5.41) is 13.1. The van der Waals surface area contributed by atoms with Crippen molar-refractivity contribution in [3.05, 3.63) is 65.5 Å². The average Bonchev–Trinajstić information content (AvgIpc) is 3.06. The number of nitrogens with zero attached hydrogens (tertiary/aromatic N) is 1. The van der Waals surface area contributed by atoms with Crippen LogP contribution < -0.4 is 5.32 Å². The highest BCUT2D eigenvalue weighted by atomic mass is 19.1. The standard InChI is InChI=1S/C20H23FN2O2/c1-14-9-10-18(17(21)12-14)22-20(25)23-11-5-8-16(23)13-19(24)15-6-3-2-4-7-15/h2-4,6-7,9-10,12,16,19,24H,5,8,11,13H2,1H3,(H,22,25). The molecule has 2 aromatic rings. The molecule has 1 heterocycles.